The lowest BCUT2D eigenvalue weighted by atomic mass is 10.3. The fraction of sp³-hybridized carbons (Fsp3) is 0.455. The van der Waals surface area contributed by atoms with Crippen LogP contribution < -0.4 is 0 Å². The number of aliphatic hydroxyl groups excluding tert-OH is 2. The fourth-order valence-corrected chi connectivity index (χ4v) is 0.539. The Balaban J connectivity index is 3.64. The molecule has 1 atom stereocenters. The Kier molecular flexibility index (Phi) is 8.04. The van der Waals surface area contributed by atoms with Crippen molar-refractivity contribution in [3.05, 3.63) is 12.2 Å². The van der Waals surface area contributed by atoms with Crippen molar-refractivity contribution in [2.45, 2.75) is 25.9 Å². The van der Waals surface area contributed by atoms with E-state index in [2.05, 4.69) is 23.7 Å². The van der Waals surface area contributed by atoms with Crippen LogP contribution in [0.2, 0.25) is 0 Å². The molecule has 0 spiro atoms. The number of allylic oxidation sites excluding steroid dienone is 1. The lowest BCUT2D eigenvalue weighted by molar-refractivity contribution is 0.244. The van der Waals surface area contributed by atoms with Gasteiger partial charge in [0.15, 0.2) is 0 Å². The van der Waals surface area contributed by atoms with Crippen LogP contribution in [0.25, 0.3) is 0 Å². The van der Waals surface area contributed by atoms with Gasteiger partial charge in [-0.05, 0) is 37.3 Å². The molecule has 0 saturated heterocycles. The van der Waals surface area contributed by atoms with E-state index in [0.717, 1.165) is 0 Å². The highest BCUT2D eigenvalue weighted by Gasteiger charge is 1.80. The van der Waals surface area contributed by atoms with Crippen LogP contribution in [0.1, 0.15) is 19.8 Å². The molecule has 0 radical (unpaired) electrons. The van der Waals surface area contributed by atoms with Crippen molar-refractivity contribution in [1.29, 1.82) is 0 Å². The Morgan fingerprint density at radius 1 is 1.38 bits per heavy atom. The molecule has 0 aromatic carbocycles. The largest absolute Gasteiger partial charge is 0.396 e. The Morgan fingerprint density at radius 2 is 2.15 bits per heavy atom. The normalized spacial score (nSPS) is 11.3. The van der Waals surface area contributed by atoms with E-state index in [1.807, 2.05) is 0 Å². The highest BCUT2D eigenvalue weighted by molar-refractivity contribution is 5.30. The van der Waals surface area contributed by atoms with Gasteiger partial charge in [-0.1, -0.05) is 11.8 Å². The quantitative estimate of drug-likeness (QED) is 0.493. The van der Waals surface area contributed by atoms with Gasteiger partial charge >= 0.3 is 0 Å². The molecule has 0 aliphatic carbocycles. The van der Waals surface area contributed by atoms with Gasteiger partial charge in [0.25, 0.3) is 0 Å². The molecule has 0 aromatic heterocycles. The van der Waals surface area contributed by atoms with E-state index in [4.69, 9.17) is 10.2 Å². The third kappa shape index (κ3) is 10.8. The molecule has 2 heteroatoms. The second-order valence-electron chi connectivity index (χ2n) is 2.50. The average molecular weight is 178 g/mol. The minimum absolute atomic E-state index is 0.171. The molecule has 0 aromatic rings. The predicted molar refractivity (Wildman–Crippen MR) is 52.7 cm³/mol. The Bertz CT molecular complexity index is 255. The second-order valence-corrected chi connectivity index (χ2v) is 2.50. The van der Waals surface area contributed by atoms with Gasteiger partial charge in [-0.3, -0.25) is 0 Å². The maximum absolute atomic E-state index is 8.81. The monoisotopic (exact) mass is 178 g/mol. The summed E-state index contributed by atoms with van der Waals surface area (Å²) >= 11 is 0. The summed E-state index contributed by atoms with van der Waals surface area (Å²) in [6.45, 7) is 1.83. The Hall–Kier alpha value is -1.22. The van der Waals surface area contributed by atoms with Crippen LogP contribution in [0.4, 0.5) is 0 Å². The predicted octanol–water partition coefficient (Wildman–Crippen LogP) is 0.703. The highest BCUT2D eigenvalue weighted by Crippen LogP contribution is 1.82. The SMILES string of the molecule is CC(O)/C=C/C#CC#CCCCO. The summed E-state index contributed by atoms with van der Waals surface area (Å²) in [6.07, 6.45) is 4.06. The van der Waals surface area contributed by atoms with Gasteiger partial charge in [0.1, 0.15) is 0 Å². The van der Waals surface area contributed by atoms with Crippen molar-refractivity contribution in [2.24, 2.45) is 0 Å². The third-order valence-electron chi connectivity index (χ3n) is 1.14. The van der Waals surface area contributed by atoms with E-state index in [1.165, 1.54) is 0 Å². The van der Waals surface area contributed by atoms with Gasteiger partial charge in [-0.15, -0.1) is 0 Å². The third-order valence-corrected chi connectivity index (χ3v) is 1.14. The molecule has 70 valence electrons. The molecule has 0 bridgehead atoms. The van der Waals surface area contributed by atoms with Crippen molar-refractivity contribution in [3.8, 4) is 23.7 Å². The zero-order chi connectivity index (χ0) is 9.94. The zero-order valence-electron chi connectivity index (χ0n) is 7.75. The molecule has 0 rings (SSSR count). The number of aliphatic hydroxyl groups is 2. The van der Waals surface area contributed by atoms with Gasteiger partial charge in [-0.25, -0.2) is 0 Å². The van der Waals surface area contributed by atoms with E-state index < -0.39 is 6.10 Å². The zero-order valence-corrected chi connectivity index (χ0v) is 7.75. The topological polar surface area (TPSA) is 40.5 Å². The maximum Gasteiger partial charge on any atom is 0.0701 e. The van der Waals surface area contributed by atoms with Crippen molar-refractivity contribution >= 4 is 0 Å². The van der Waals surface area contributed by atoms with E-state index in [0.29, 0.717) is 12.8 Å². The lowest BCUT2D eigenvalue weighted by Crippen LogP contribution is -1.90. The average Bonchev–Trinajstić information content (AvgIpc) is 2.09. The minimum atomic E-state index is -0.461. The fourth-order valence-electron chi connectivity index (χ4n) is 0.539. The molecular formula is C11H14O2. The van der Waals surface area contributed by atoms with Crippen molar-refractivity contribution < 1.29 is 10.2 Å². The van der Waals surface area contributed by atoms with Crippen LogP contribution in [0.5, 0.6) is 0 Å². The first kappa shape index (κ1) is 11.8. The summed E-state index contributed by atoms with van der Waals surface area (Å²) in [5.41, 5.74) is 0. The summed E-state index contributed by atoms with van der Waals surface area (Å²) < 4.78 is 0. The smallest absolute Gasteiger partial charge is 0.0701 e. The van der Waals surface area contributed by atoms with Crippen LogP contribution >= 0.6 is 0 Å². The summed E-state index contributed by atoms with van der Waals surface area (Å²) in [5, 5.41) is 17.2. The molecule has 0 fully saturated rings. The molecule has 1 unspecified atom stereocenters. The summed E-state index contributed by atoms with van der Waals surface area (Å²) in [7, 11) is 0. The van der Waals surface area contributed by atoms with E-state index in [-0.39, 0.29) is 6.61 Å². The Morgan fingerprint density at radius 3 is 2.77 bits per heavy atom. The highest BCUT2D eigenvalue weighted by atomic mass is 16.3. The number of hydrogen-bond acceptors (Lipinski definition) is 2. The Labute approximate surface area is 79.3 Å². The van der Waals surface area contributed by atoms with Crippen molar-refractivity contribution in [2.75, 3.05) is 6.61 Å². The molecule has 2 nitrogen and oxygen atoms in total. The van der Waals surface area contributed by atoms with Crippen LogP contribution in [0.3, 0.4) is 0 Å². The first-order valence-electron chi connectivity index (χ1n) is 4.21. The molecule has 0 heterocycles. The van der Waals surface area contributed by atoms with Gasteiger partial charge in [0.05, 0.1) is 6.10 Å². The number of rotatable bonds is 3. The van der Waals surface area contributed by atoms with Crippen LogP contribution in [0, 0.1) is 23.7 Å². The standard InChI is InChI=1S/C11H14O2/c1-11(13)9-7-5-3-2-4-6-8-10-12/h7,9,11-13H,6,8,10H2,1H3/b9-7+. The van der Waals surface area contributed by atoms with E-state index >= 15 is 0 Å². The van der Waals surface area contributed by atoms with Crippen LogP contribution in [-0.4, -0.2) is 22.9 Å². The number of hydrogen-bond donors (Lipinski definition) is 2. The van der Waals surface area contributed by atoms with Crippen molar-refractivity contribution in [1.82, 2.24) is 0 Å². The van der Waals surface area contributed by atoms with E-state index in [1.54, 1.807) is 19.1 Å². The molecule has 13 heavy (non-hydrogen) atoms. The first-order chi connectivity index (χ1) is 6.27. The lowest BCUT2D eigenvalue weighted by Gasteiger charge is -1.87. The van der Waals surface area contributed by atoms with Gasteiger partial charge in [0.2, 0.25) is 0 Å². The summed E-state index contributed by atoms with van der Waals surface area (Å²) in [6, 6.07) is 0. The van der Waals surface area contributed by atoms with Crippen LogP contribution in [0.15, 0.2) is 12.2 Å². The molecular weight excluding hydrogens is 164 g/mol. The maximum atomic E-state index is 8.81. The molecule has 2 N–H and O–H groups in total. The van der Waals surface area contributed by atoms with E-state index in [9.17, 15) is 0 Å². The first-order valence-corrected chi connectivity index (χ1v) is 4.21. The molecule has 0 saturated carbocycles. The summed E-state index contributed by atoms with van der Waals surface area (Å²) in [4.78, 5) is 0. The van der Waals surface area contributed by atoms with Gasteiger partial charge < -0.3 is 10.2 Å². The molecule has 0 aliphatic heterocycles. The summed E-state index contributed by atoms with van der Waals surface area (Å²) in [5.74, 6) is 10.7. The van der Waals surface area contributed by atoms with Gasteiger partial charge in [0, 0.05) is 13.0 Å². The molecule has 0 aliphatic rings. The second kappa shape index (κ2) is 8.87. The van der Waals surface area contributed by atoms with Crippen molar-refractivity contribution in [3.63, 3.8) is 0 Å². The van der Waals surface area contributed by atoms with Crippen LogP contribution in [-0.2, 0) is 0 Å². The molecule has 0 amide bonds. The van der Waals surface area contributed by atoms with Gasteiger partial charge in [-0.2, -0.15) is 0 Å². The number of unbranched alkanes of at least 4 members (excludes halogenated alkanes) is 1. The minimum Gasteiger partial charge on any atom is -0.396 e.